The van der Waals surface area contributed by atoms with Crippen molar-refractivity contribution in [3.05, 3.63) is 46.1 Å². The van der Waals surface area contributed by atoms with Crippen LogP contribution in [0.2, 0.25) is 0 Å². The summed E-state index contributed by atoms with van der Waals surface area (Å²) >= 11 is 0.996. The molecular formula is C20H23F3N4O2S. The SMILES string of the molecule is CCOc1cccc2cc(C(C)NC(=NC)NCCc3nc(C(F)(F)F)cs3)oc12. The van der Waals surface area contributed by atoms with Crippen LogP contribution in [0, 0.1) is 0 Å². The molecule has 30 heavy (non-hydrogen) atoms. The number of rotatable bonds is 7. The Balaban J connectivity index is 1.58. The molecule has 2 aromatic heterocycles. The lowest BCUT2D eigenvalue weighted by molar-refractivity contribution is -0.140. The van der Waals surface area contributed by atoms with Crippen LogP contribution in [0.1, 0.15) is 36.4 Å². The number of nitrogens with zero attached hydrogens (tertiary/aromatic N) is 2. The van der Waals surface area contributed by atoms with Gasteiger partial charge in [0.1, 0.15) is 5.76 Å². The summed E-state index contributed by atoms with van der Waals surface area (Å²) in [7, 11) is 1.62. The van der Waals surface area contributed by atoms with Gasteiger partial charge < -0.3 is 19.8 Å². The third kappa shape index (κ3) is 5.24. The number of hydrogen-bond acceptors (Lipinski definition) is 5. The molecule has 3 rings (SSSR count). The fourth-order valence-electron chi connectivity index (χ4n) is 2.85. The quantitative estimate of drug-likeness (QED) is 0.409. The molecule has 1 atom stereocenters. The number of fused-ring (bicyclic) bond motifs is 1. The summed E-state index contributed by atoms with van der Waals surface area (Å²) in [4.78, 5) is 7.79. The third-order valence-electron chi connectivity index (χ3n) is 4.30. The molecule has 6 nitrogen and oxygen atoms in total. The first-order valence-electron chi connectivity index (χ1n) is 9.45. The van der Waals surface area contributed by atoms with Gasteiger partial charge in [-0.05, 0) is 26.0 Å². The van der Waals surface area contributed by atoms with E-state index in [1.807, 2.05) is 38.1 Å². The second-order valence-corrected chi connectivity index (χ2v) is 7.44. The Hall–Kier alpha value is -2.75. The zero-order valence-corrected chi connectivity index (χ0v) is 17.7. The summed E-state index contributed by atoms with van der Waals surface area (Å²) < 4.78 is 49.5. The highest BCUT2D eigenvalue weighted by Crippen LogP contribution is 2.31. The van der Waals surface area contributed by atoms with Crippen molar-refractivity contribution in [2.75, 3.05) is 20.2 Å². The van der Waals surface area contributed by atoms with E-state index in [0.717, 1.165) is 27.9 Å². The normalized spacial score (nSPS) is 13.5. The predicted octanol–water partition coefficient (Wildman–Crippen LogP) is 4.78. The smallest absolute Gasteiger partial charge is 0.434 e. The molecule has 0 amide bonds. The number of aliphatic imine (C=N–C) groups is 1. The summed E-state index contributed by atoms with van der Waals surface area (Å²) in [5.41, 5.74) is -0.162. The lowest BCUT2D eigenvalue weighted by Gasteiger charge is -2.16. The third-order valence-corrected chi connectivity index (χ3v) is 5.21. The molecule has 1 unspecified atom stereocenters. The van der Waals surface area contributed by atoms with E-state index < -0.39 is 11.9 Å². The Bertz CT molecular complexity index is 1010. The molecule has 0 spiro atoms. The molecule has 162 valence electrons. The van der Waals surface area contributed by atoms with Crippen molar-refractivity contribution in [1.29, 1.82) is 0 Å². The summed E-state index contributed by atoms with van der Waals surface area (Å²) in [6.45, 7) is 4.79. The highest BCUT2D eigenvalue weighted by atomic mass is 32.1. The number of alkyl halides is 3. The monoisotopic (exact) mass is 440 g/mol. The Morgan fingerprint density at radius 3 is 2.83 bits per heavy atom. The maximum Gasteiger partial charge on any atom is 0.434 e. The second-order valence-electron chi connectivity index (χ2n) is 6.50. The van der Waals surface area contributed by atoms with Crippen molar-refractivity contribution in [1.82, 2.24) is 15.6 Å². The zero-order valence-electron chi connectivity index (χ0n) is 16.8. The maximum atomic E-state index is 12.6. The van der Waals surface area contributed by atoms with Gasteiger partial charge >= 0.3 is 6.18 Å². The van der Waals surface area contributed by atoms with Crippen LogP contribution in [0.15, 0.2) is 39.1 Å². The molecule has 2 heterocycles. The first-order chi connectivity index (χ1) is 14.3. The minimum Gasteiger partial charge on any atom is -0.490 e. The van der Waals surface area contributed by atoms with Gasteiger partial charge in [0.25, 0.3) is 0 Å². The number of halogens is 3. The van der Waals surface area contributed by atoms with Crippen molar-refractivity contribution >= 4 is 28.3 Å². The highest BCUT2D eigenvalue weighted by Gasteiger charge is 2.33. The lowest BCUT2D eigenvalue weighted by Crippen LogP contribution is -2.39. The van der Waals surface area contributed by atoms with Gasteiger partial charge in [-0.2, -0.15) is 13.2 Å². The standard InChI is InChI=1S/C20H23F3N4O2S/c1-4-28-14-7-5-6-13-10-15(29-18(13)14)12(2)26-19(24-3)25-9-8-17-27-16(11-30-17)20(21,22)23/h5-7,10-12H,4,8-9H2,1-3H3,(H2,24,25,26). The van der Waals surface area contributed by atoms with Crippen LogP contribution >= 0.6 is 11.3 Å². The average molecular weight is 440 g/mol. The van der Waals surface area contributed by atoms with Crippen LogP contribution < -0.4 is 15.4 Å². The van der Waals surface area contributed by atoms with Gasteiger partial charge in [-0.15, -0.1) is 11.3 Å². The van der Waals surface area contributed by atoms with Crippen molar-refractivity contribution in [2.24, 2.45) is 4.99 Å². The van der Waals surface area contributed by atoms with Gasteiger partial charge in [0.15, 0.2) is 23.0 Å². The molecule has 0 fully saturated rings. The van der Waals surface area contributed by atoms with Crippen molar-refractivity contribution in [3.8, 4) is 5.75 Å². The predicted molar refractivity (Wildman–Crippen MR) is 111 cm³/mol. The molecule has 0 bridgehead atoms. The Labute approximate surface area is 176 Å². The molecule has 0 saturated heterocycles. The average Bonchev–Trinajstić information content (AvgIpc) is 3.35. The number of thiazole rings is 1. The topological polar surface area (TPSA) is 71.7 Å². The molecule has 0 saturated carbocycles. The van der Waals surface area contributed by atoms with E-state index in [9.17, 15) is 13.2 Å². The van der Waals surface area contributed by atoms with Gasteiger partial charge in [0.05, 0.1) is 17.7 Å². The number of guanidine groups is 1. The van der Waals surface area contributed by atoms with Crippen molar-refractivity contribution in [2.45, 2.75) is 32.5 Å². The van der Waals surface area contributed by atoms with Gasteiger partial charge in [-0.1, -0.05) is 12.1 Å². The van der Waals surface area contributed by atoms with E-state index in [-0.39, 0.29) is 6.04 Å². The minimum absolute atomic E-state index is 0.185. The first kappa shape index (κ1) is 21.9. The van der Waals surface area contributed by atoms with E-state index in [0.29, 0.717) is 41.9 Å². The number of aromatic nitrogens is 1. The Morgan fingerprint density at radius 2 is 2.17 bits per heavy atom. The van der Waals surface area contributed by atoms with Gasteiger partial charge in [-0.3, -0.25) is 4.99 Å². The van der Waals surface area contributed by atoms with Gasteiger partial charge in [-0.25, -0.2) is 4.98 Å². The Kier molecular flexibility index (Phi) is 6.86. The minimum atomic E-state index is -4.41. The molecular weight excluding hydrogens is 417 g/mol. The van der Waals surface area contributed by atoms with Crippen LogP contribution in [0.4, 0.5) is 13.2 Å². The summed E-state index contributed by atoms with van der Waals surface area (Å²) in [6.07, 6.45) is -4.05. The van der Waals surface area contributed by atoms with E-state index in [2.05, 4.69) is 20.6 Å². The zero-order chi connectivity index (χ0) is 21.7. The van der Waals surface area contributed by atoms with Crippen LogP contribution in [0.5, 0.6) is 5.75 Å². The van der Waals surface area contributed by atoms with Crippen LogP contribution in [0.3, 0.4) is 0 Å². The number of ether oxygens (including phenoxy) is 1. The van der Waals surface area contributed by atoms with E-state index in [1.165, 1.54) is 0 Å². The maximum absolute atomic E-state index is 12.6. The summed E-state index contributed by atoms with van der Waals surface area (Å²) in [5, 5.41) is 8.70. The van der Waals surface area contributed by atoms with Crippen LogP contribution in [-0.4, -0.2) is 31.1 Å². The van der Waals surface area contributed by atoms with E-state index >= 15 is 0 Å². The fourth-order valence-corrected chi connectivity index (χ4v) is 3.66. The molecule has 1 aromatic carbocycles. The molecule has 0 aliphatic heterocycles. The van der Waals surface area contributed by atoms with E-state index in [1.54, 1.807) is 7.05 Å². The largest absolute Gasteiger partial charge is 0.490 e. The number of furan rings is 1. The van der Waals surface area contributed by atoms with Crippen LogP contribution in [-0.2, 0) is 12.6 Å². The van der Waals surface area contributed by atoms with Gasteiger partial charge in [0, 0.05) is 30.8 Å². The highest BCUT2D eigenvalue weighted by molar-refractivity contribution is 7.09. The molecule has 0 radical (unpaired) electrons. The molecule has 0 aliphatic rings. The summed E-state index contributed by atoms with van der Waals surface area (Å²) in [6, 6.07) is 7.48. The number of para-hydroxylation sites is 1. The van der Waals surface area contributed by atoms with Crippen molar-refractivity contribution < 1.29 is 22.3 Å². The summed E-state index contributed by atoms with van der Waals surface area (Å²) in [5.74, 6) is 1.92. The molecule has 3 aromatic rings. The molecule has 10 heteroatoms. The van der Waals surface area contributed by atoms with Gasteiger partial charge in [0.2, 0.25) is 0 Å². The number of hydrogen-bond donors (Lipinski definition) is 2. The number of benzene rings is 1. The fraction of sp³-hybridized carbons (Fsp3) is 0.400. The van der Waals surface area contributed by atoms with E-state index in [4.69, 9.17) is 9.15 Å². The first-order valence-corrected chi connectivity index (χ1v) is 10.3. The van der Waals surface area contributed by atoms with Crippen molar-refractivity contribution in [3.63, 3.8) is 0 Å². The van der Waals surface area contributed by atoms with Crippen LogP contribution in [0.25, 0.3) is 11.0 Å². The Morgan fingerprint density at radius 1 is 1.37 bits per heavy atom. The molecule has 0 aliphatic carbocycles. The number of nitrogens with one attached hydrogen (secondary N) is 2. The molecule has 2 N–H and O–H groups in total. The lowest BCUT2D eigenvalue weighted by atomic mass is 10.2. The second kappa shape index (κ2) is 9.38.